The van der Waals surface area contributed by atoms with Crippen molar-refractivity contribution in [3.8, 4) is 11.3 Å². The van der Waals surface area contributed by atoms with Gasteiger partial charge in [-0.3, -0.25) is 9.78 Å². The topological polar surface area (TPSA) is 58.6 Å². The molecule has 0 fully saturated rings. The molecule has 0 atom stereocenters. The second kappa shape index (κ2) is 4.68. The minimum Gasteiger partial charge on any atom is -0.310 e. The molecule has 0 aromatic carbocycles. The molecule has 0 saturated heterocycles. The van der Waals surface area contributed by atoms with Crippen LogP contribution in [0.2, 0.25) is 0 Å². The van der Waals surface area contributed by atoms with E-state index in [1.807, 2.05) is 13.8 Å². The molecule has 0 aliphatic heterocycles. The Hall–Kier alpha value is -2.04. The molecule has 5 heteroatoms. The summed E-state index contributed by atoms with van der Waals surface area (Å²) in [5.74, 6) is 0.239. The van der Waals surface area contributed by atoms with Crippen LogP contribution in [-0.2, 0) is 0 Å². The van der Waals surface area contributed by atoms with Crippen molar-refractivity contribution in [3.63, 3.8) is 0 Å². The minimum absolute atomic E-state index is 0.0959. The molecule has 0 unspecified atom stereocenters. The van der Waals surface area contributed by atoms with Crippen molar-refractivity contribution in [1.29, 1.82) is 0 Å². The largest absolute Gasteiger partial charge is 0.310 e. The second-order valence-corrected chi connectivity index (χ2v) is 4.47. The SMILES string of the molecule is Cc1c(-c2cncc(F)c2)nc(C(C)C)[nH]c1=O. The molecule has 0 radical (unpaired) electrons. The predicted octanol–water partition coefficient (Wildman–Crippen LogP) is 2.40. The smallest absolute Gasteiger partial charge is 0.254 e. The van der Waals surface area contributed by atoms with Crippen molar-refractivity contribution >= 4 is 0 Å². The van der Waals surface area contributed by atoms with Gasteiger partial charge >= 0.3 is 0 Å². The lowest BCUT2D eigenvalue weighted by atomic mass is 10.1. The van der Waals surface area contributed by atoms with Crippen molar-refractivity contribution in [1.82, 2.24) is 15.0 Å². The van der Waals surface area contributed by atoms with Crippen LogP contribution in [0.15, 0.2) is 23.3 Å². The lowest BCUT2D eigenvalue weighted by Gasteiger charge is -2.09. The van der Waals surface area contributed by atoms with Crippen LogP contribution in [0, 0.1) is 12.7 Å². The van der Waals surface area contributed by atoms with Gasteiger partial charge in [-0.25, -0.2) is 9.37 Å². The number of rotatable bonds is 2. The average Bonchev–Trinajstić information content (AvgIpc) is 2.32. The number of pyridine rings is 1. The molecule has 0 amide bonds. The van der Waals surface area contributed by atoms with Gasteiger partial charge in [-0.1, -0.05) is 13.8 Å². The Balaban J connectivity index is 2.67. The molecule has 0 saturated carbocycles. The fraction of sp³-hybridized carbons (Fsp3) is 0.308. The molecule has 2 heterocycles. The molecule has 2 aromatic rings. The molecule has 2 aromatic heterocycles. The molecule has 2 rings (SSSR count). The van der Waals surface area contributed by atoms with E-state index in [-0.39, 0.29) is 11.5 Å². The van der Waals surface area contributed by atoms with Gasteiger partial charge < -0.3 is 4.98 Å². The van der Waals surface area contributed by atoms with Crippen LogP contribution in [-0.4, -0.2) is 15.0 Å². The summed E-state index contributed by atoms with van der Waals surface area (Å²) in [6, 6.07) is 1.33. The van der Waals surface area contributed by atoms with Crippen LogP contribution in [0.25, 0.3) is 11.3 Å². The van der Waals surface area contributed by atoms with Gasteiger partial charge in [0.15, 0.2) is 0 Å². The lowest BCUT2D eigenvalue weighted by molar-refractivity contribution is 0.622. The molecule has 94 valence electrons. The quantitative estimate of drug-likeness (QED) is 0.886. The van der Waals surface area contributed by atoms with E-state index in [9.17, 15) is 9.18 Å². The molecule has 18 heavy (non-hydrogen) atoms. The van der Waals surface area contributed by atoms with Crippen LogP contribution in [0.5, 0.6) is 0 Å². The number of halogens is 1. The molecule has 1 N–H and O–H groups in total. The Bertz CT molecular complexity index is 634. The third kappa shape index (κ3) is 2.30. The molecule has 0 spiro atoms. The molecule has 0 aliphatic rings. The second-order valence-electron chi connectivity index (χ2n) is 4.47. The Morgan fingerprint density at radius 3 is 2.67 bits per heavy atom. The van der Waals surface area contributed by atoms with Crippen LogP contribution >= 0.6 is 0 Å². The number of hydrogen-bond donors (Lipinski definition) is 1. The van der Waals surface area contributed by atoms with Gasteiger partial charge in [0, 0.05) is 23.2 Å². The highest BCUT2D eigenvalue weighted by molar-refractivity contribution is 5.61. The van der Waals surface area contributed by atoms with E-state index in [1.165, 1.54) is 12.3 Å². The monoisotopic (exact) mass is 247 g/mol. The van der Waals surface area contributed by atoms with Crippen LogP contribution in [0.1, 0.15) is 31.2 Å². The summed E-state index contributed by atoms with van der Waals surface area (Å²) in [7, 11) is 0. The van der Waals surface area contributed by atoms with E-state index in [2.05, 4.69) is 15.0 Å². The Morgan fingerprint density at radius 1 is 1.33 bits per heavy atom. The van der Waals surface area contributed by atoms with E-state index in [0.717, 1.165) is 6.20 Å². The number of aromatic amines is 1. The zero-order valence-corrected chi connectivity index (χ0v) is 10.5. The van der Waals surface area contributed by atoms with E-state index >= 15 is 0 Å². The maximum atomic E-state index is 13.2. The summed E-state index contributed by atoms with van der Waals surface area (Å²) >= 11 is 0. The maximum absolute atomic E-state index is 13.2. The Labute approximate surface area is 104 Å². The standard InChI is InChI=1S/C13H14FN3O/c1-7(2)12-16-11(8(3)13(18)17-12)9-4-10(14)6-15-5-9/h4-7H,1-3H3,(H,16,17,18). The van der Waals surface area contributed by atoms with E-state index in [0.29, 0.717) is 22.6 Å². The third-order valence-corrected chi connectivity index (χ3v) is 2.69. The predicted molar refractivity (Wildman–Crippen MR) is 66.9 cm³/mol. The first kappa shape index (κ1) is 12.4. The summed E-state index contributed by atoms with van der Waals surface area (Å²) in [6.07, 6.45) is 2.62. The summed E-state index contributed by atoms with van der Waals surface area (Å²) in [6.45, 7) is 5.53. The molecule has 4 nitrogen and oxygen atoms in total. The van der Waals surface area contributed by atoms with Crippen LogP contribution < -0.4 is 5.56 Å². The number of aromatic nitrogens is 3. The minimum atomic E-state index is -0.444. The van der Waals surface area contributed by atoms with E-state index in [4.69, 9.17) is 0 Å². The number of nitrogens with zero attached hydrogens (tertiary/aromatic N) is 2. The molecular weight excluding hydrogens is 233 g/mol. The van der Waals surface area contributed by atoms with Crippen molar-refractivity contribution in [2.45, 2.75) is 26.7 Å². The van der Waals surface area contributed by atoms with Gasteiger partial charge in [-0.2, -0.15) is 0 Å². The van der Waals surface area contributed by atoms with Crippen molar-refractivity contribution < 1.29 is 4.39 Å². The van der Waals surface area contributed by atoms with Crippen molar-refractivity contribution in [2.24, 2.45) is 0 Å². The summed E-state index contributed by atoms with van der Waals surface area (Å²) in [5, 5.41) is 0. The van der Waals surface area contributed by atoms with Gasteiger partial charge in [-0.15, -0.1) is 0 Å². The zero-order chi connectivity index (χ0) is 13.3. The van der Waals surface area contributed by atoms with Gasteiger partial charge in [0.2, 0.25) is 0 Å². The molecular formula is C13H14FN3O. The lowest BCUT2D eigenvalue weighted by Crippen LogP contribution is -2.17. The van der Waals surface area contributed by atoms with Gasteiger partial charge in [0.25, 0.3) is 5.56 Å². The fourth-order valence-electron chi connectivity index (χ4n) is 1.65. The Kier molecular flexibility index (Phi) is 3.23. The maximum Gasteiger partial charge on any atom is 0.254 e. The summed E-state index contributed by atoms with van der Waals surface area (Å²) in [4.78, 5) is 22.7. The summed E-state index contributed by atoms with van der Waals surface area (Å²) in [5.41, 5.74) is 1.26. The van der Waals surface area contributed by atoms with Gasteiger partial charge in [0.05, 0.1) is 11.9 Å². The van der Waals surface area contributed by atoms with Gasteiger partial charge in [0.1, 0.15) is 11.6 Å². The zero-order valence-electron chi connectivity index (χ0n) is 10.5. The Morgan fingerprint density at radius 2 is 2.06 bits per heavy atom. The van der Waals surface area contributed by atoms with Crippen molar-refractivity contribution in [2.75, 3.05) is 0 Å². The first-order valence-electron chi connectivity index (χ1n) is 5.70. The van der Waals surface area contributed by atoms with E-state index in [1.54, 1.807) is 6.92 Å². The molecule has 0 aliphatic carbocycles. The average molecular weight is 247 g/mol. The first-order valence-corrected chi connectivity index (χ1v) is 5.70. The van der Waals surface area contributed by atoms with Crippen LogP contribution in [0.4, 0.5) is 4.39 Å². The highest BCUT2D eigenvalue weighted by Crippen LogP contribution is 2.20. The highest BCUT2D eigenvalue weighted by Gasteiger charge is 2.12. The van der Waals surface area contributed by atoms with E-state index < -0.39 is 5.82 Å². The number of hydrogen-bond acceptors (Lipinski definition) is 3. The summed E-state index contributed by atoms with van der Waals surface area (Å²) < 4.78 is 13.2. The van der Waals surface area contributed by atoms with Crippen molar-refractivity contribution in [3.05, 3.63) is 46.0 Å². The highest BCUT2D eigenvalue weighted by atomic mass is 19.1. The normalized spacial score (nSPS) is 10.9. The fourth-order valence-corrected chi connectivity index (χ4v) is 1.65. The third-order valence-electron chi connectivity index (χ3n) is 2.69. The van der Waals surface area contributed by atoms with Crippen LogP contribution in [0.3, 0.4) is 0 Å². The molecule has 0 bridgehead atoms. The number of H-pyrrole nitrogens is 1. The van der Waals surface area contributed by atoms with Gasteiger partial charge in [-0.05, 0) is 13.0 Å². The first-order chi connectivity index (χ1) is 8.49. The number of nitrogens with one attached hydrogen (secondary N) is 1.